The standard InChI is InChI=1S/C19H14N4OS/c1-25-19-21-18-20-17(15-9-7-13(12-24)8-10-15)16(11-23(18)22-19)14-5-3-2-4-6-14/h2-12H,1H3. The van der Waals surface area contributed by atoms with Gasteiger partial charge in [-0.05, 0) is 11.8 Å². The van der Waals surface area contributed by atoms with Gasteiger partial charge in [0.25, 0.3) is 5.78 Å². The molecule has 6 heteroatoms. The van der Waals surface area contributed by atoms with Gasteiger partial charge in [0.15, 0.2) is 0 Å². The van der Waals surface area contributed by atoms with Gasteiger partial charge in [0.2, 0.25) is 5.16 Å². The van der Waals surface area contributed by atoms with E-state index in [-0.39, 0.29) is 0 Å². The average molecular weight is 346 g/mol. The Hall–Kier alpha value is -2.99. The number of hydrogen-bond donors (Lipinski definition) is 0. The van der Waals surface area contributed by atoms with Gasteiger partial charge in [-0.15, -0.1) is 5.10 Å². The molecule has 0 fully saturated rings. The van der Waals surface area contributed by atoms with Gasteiger partial charge in [0.05, 0.1) is 5.69 Å². The van der Waals surface area contributed by atoms with E-state index in [1.165, 1.54) is 11.8 Å². The van der Waals surface area contributed by atoms with Crippen molar-refractivity contribution in [2.45, 2.75) is 5.16 Å². The van der Waals surface area contributed by atoms with Crippen LogP contribution in [0.5, 0.6) is 0 Å². The molecule has 2 aromatic carbocycles. The summed E-state index contributed by atoms with van der Waals surface area (Å²) in [5.74, 6) is 0.554. The number of rotatable bonds is 4. The van der Waals surface area contributed by atoms with Crippen molar-refractivity contribution in [3.8, 4) is 22.4 Å². The zero-order chi connectivity index (χ0) is 17.2. The molecule has 0 saturated carbocycles. The highest BCUT2D eigenvalue weighted by Crippen LogP contribution is 2.31. The van der Waals surface area contributed by atoms with Crippen LogP contribution in [-0.2, 0) is 0 Å². The first-order valence-electron chi connectivity index (χ1n) is 7.71. The number of aromatic nitrogens is 4. The van der Waals surface area contributed by atoms with Gasteiger partial charge in [-0.2, -0.15) is 4.98 Å². The lowest BCUT2D eigenvalue weighted by Gasteiger charge is -2.09. The Bertz CT molecular complexity index is 1040. The summed E-state index contributed by atoms with van der Waals surface area (Å²) in [5, 5.41) is 5.12. The van der Waals surface area contributed by atoms with E-state index in [2.05, 4.69) is 10.1 Å². The van der Waals surface area contributed by atoms with Crippen LogP contribution in [0.2, 0.25) is 0 Å². The predicted octanol–water partition coefficient (Wildman–Crippen LogP) is 3.99. The van der Waals surface area contributed by atoms with Gasteiger partial charge in [0, 0.05) is 22.9 Å². The number of hydrogen-bond acceptors (Lipinski definition) is 5. The van der Waals surface area contributed by atoms with E-state index in [1.807, 2.05) is 54.9 Å². The Labute approximate surface area is 148 Å². The van der Waals surface area contributed by atoms with Crippen molar-refractivity contribution in [2.24, 2.45) is 0 Å². The molecule has 0 spiro atoms. The number of carbonyl (C=O) groups is 1. The molecule has 0 atom stereocenters. The lowest BCUT2D eigenvalue weighted by atomic mass is 10.0. The van der Waals surface area contributed by atoms with Crippen molar-refractivity contribution >= 4 is 23.8 Å². The average Bonchev–Trinajstić information content (AvgIpc) is 3.10. The van der Waals surface area contributed by atoms with E-state index in [0.29, 0.717) is 16.5 Å². The number of benzene rings is 2. The summed E-state index contributed by atoms with van der Waals surface area (Å²) in [6, 6.07) is 17.4. The molecule has 0 N–H and O–H groups in total. The molecule has 122 valence electrons. The minimum absolute atomic E-state index is 0.554. The van der Waals surface area contributed by atoms with Gasteiger partial charge in [-0.1, -0.05) is 66.4 Å². The summed E-state index contributed by atoms with van der Waals surface area (Å²) in [6.07, 6.45) is 4.72. The first kappa shape index (κ1) is 15.5. The Balaban J connectivity index is 1.97. The smallest absolute Gasteiger partial charge is 0.253 e. The predicted molar refractivity (Wildman–Crippen MR) is 98.8 cm³/mol. The summed E-state index contributed by atoms with van der Waals surface area (Å²) >= 11 is 1.48. The maximum Gasteiger partial charge on any atom is 0.253 e. The summed E-state index contributed by atoms with van der Waals surface area (Å²) in [5.41, 5.74) is 4.40. The summed E-state index contributed by atoms with van der Waals surface area (Å²) in [6.45, 7) is 0. The second kappa shape index (κ2) is 6.49. The van der Waals surface area contributed by atoms with Gasteiger partial charge in [-0.3, -0.25) is 4.79 Å². The van der Waals surface area contributed by atoms with Crippen molar-refractivity contribution in [3.63, 3.8) is 0 Å². The zero-order valence-corrected chi connectivity index (χ0v) is 14.3. The van der Waals surface area contributed by atoms with Crippen LogP contribution in [0.15, 0.2) is 66.0 Å². The number of thioether (sulfide) groups is 1. The highest BCUT2D eigenvalue weighted by molar-refractivity contribution is 7.98. The molecule has 0 radical (unpaired) electrons. The number of carbonyl (C=O) groups excluding carboxylic acids is 1. The lowest BCUT2D eigenvalue weighted by molar-refractivity contribution is 0.112. The molecule has 0 aliphatic rings. The molecule has 4 aromatic rings. The minimum Gasteiger partial charge on any atom is -0.298 e. The van der Waals surface area contributed by atoms with Crippen LogP contribution in [0.1, 0.15) is 10.4 Å². The van der Waals surface area contributed by atoms with Crippen LogP contribution >= 0.6 is 11.8 Å². The first-order valence-corrected chi connectivity index (χ1v) is 8.93. The maximum absolute atomic E-state index is 10.9. The van der Waals surface area contributed by atoms with Gasteiger partial charge >= 0.3 is 0 Å². The van der Waals surface area contributed by atoms with Gasteiger partial charge in [0.1, 0.15) is 6.29 Å². The molecule has 4 rings (SSSR count). The van der Waals surface area contributed by atoms with Crippen LogP contribution in [0.4, 0.5) is 0 Å². The Morgan fingerprint density at radius 3 is 2.40 bits per heavy atom. The van der Waals surface area contributed by atoms with Crippen molar-refractivity contribution in [3.05, 3.63) is 66.4 Å². The van der Waals surface area contributed by atoms with Crippen LogP contribution < -0.4 is 0 Å². The molecule has 0 unspecified atom stereocenters. The van der Waals surface area contributed by atoms with E-state index in [0.717, 1.165) is 28.7 Å². The molecule has 0 amide bonds. The van der Waals surface area contributed by atoms with Gasteiger partial charge in [-0.25, -0.2) is 9.50 Å². The van der Waals surface area contributed by atoms with Gasteiger partial charge < -0.3 is 0 Å². The SMILES string of the molecule is CSc1nc2nc(-c3ccc(C=O)cc3)c(-c3ccccc3)cn2n1. The van der Waals surface area contributed by atoms with Crippen LogP contribution in [0, 0.1) is 0 Å². The van der Waals surface area contributed by atoms with E-state index < -0.39 is 0 Å². The lowest BCUT2D eigenvalue weighted by Crippen LogP contribution is -1.97. The molecule has 0 aliphatic carbocycles. The van der Waals surface area contributed by atoms with Crippen LogP contribution in [-0.4, -0.2) is 32.1 Å². The highest BCUT2D eigenvalue weighted by Gasteiger charge is 2.14. The molecule has 2 aromatic heterocycles. The second-order valence-corrected chi connectivity index (χ2v) is 6.23. The molecular weight excluding hydrogens is 332 g/mol. The largest absolute Gasteiger partial charge is 0.298 e. The van der Waals surface area contributed by atoms with Crippen LogP contribution in [0.25, 0.3) is 28.2 Å². The maximum atomic E-state index is 10.9. The molecule has 2 heterocycles. The van der Waals surface area contributed by atoms with E-state index in [4.69, 9.17) is 4.98 Å². The quantitative estimate of drug-likeness (QED) is 0.413. The minimum atomic E-state index is 0.554. The fraction of sp³-hybridized carbons (Fsp3) is 0.0526. The van der Waals surface area contributed by atoms with E-state index >= 15 is 0 Å². The molecular formula is C19H14N4OS. The third kappa shape index (κ3) is 2.92. The van der Waals surface area contributed by atoms with Crippen molar-refractivity contribution in [1.82, 2.24) is 19.6 Å². The Morgan fingerprint density at radius 2 is 1.72 bits per heavy atom. The highest BCUT2D eigenvalue weighted by atomic mass is 32.2. The molecule has 0 saturated heterocycles. The van der Waals surface area contributed by atoms with E-state index in [9.17, 15) is 4.79 Å². The normalized spacial score (nSPS) is 10.9. The fourth-order valence-electron chi connectivity index (χ4n) is 2.66. The summed E-state index contributed by atoms with van der Waals surface area (Å²) in [7, 11) is 0. The monoisotopic (exact) mass is 346 g/mol. The number of nitrogens with zero attached hydrogens (tertiary/aromatic N) is 4. The summed E-state index contributed by atoms with van der Waals surface area (Å²) < 4.78 is 1.71. The Kier molecular flexibility index (Phi) is 4.03. The third-order valence-corrected chi connectivity index (χ3v) is 4.44. The van der Waals surface area contributed by atoms with Crippen molar-refractivity contribution in [2.75, 3.05) is 6.26 Å². The van der Waals surface area contributed by atoms with Crippen LogP contribution in [0.3, 0.4) is 0 Å². The van der Waals surface area contributed by atoms with Crippen molar-refractivity contribution in [1.29, 1.82) is 0 Å². The molecule has 25 heavy (non-hydrogen) atoms. The zero-order valence-electron chi connectivity index (χ0n) is 13.5. The number of fused-ring (bicyclic) bond motifs is 1. The molecule has 5 nitrogen and oxygen atoms in total. The number of aldehydes is 1. The van der Waals surface area contributed by atoms with E-state index in [1.54, 1.807) is 16.6 Å². The first-order chi connectivity index (χ1) is 12.3. The topological polar surface area (TPSA) is 60.2 Å². The fourth-order valence-corrected chi connectivity index (χ4v) is 3.00. The Morgan fingerprint density at radius 1 is 0.960 bits per heavy atom. The molecule has 0 aliphatic heterocycles. The van der Waals surface area contributed by atoms with Crippen molar-refractivity contribution < 1.29 is 4.79 Å². The third-order valence-electron chi connectivity index (χ3n) is 3.90. The summed E-state index contributed by atoms with van der Waals surface area (Å²) in [4.78, 5) is 20.1. The second-order valence-electron chi connectivity index (χ2n) is 5.45. The molecule has 0 bridgehead atoms.